The van der Waals surface area contributed by atoms with E-state index in [0.29, 0.717) is 31.6 Å². The molecule has 0 radical (unpaired) electrons. The number of aliphatic hydroxyl groups excluding tert-OH is 1. The number of rotatable bonds is 73. The number of carbonyl (C=O) groups excluding carboxylic acids is 4. The van der Waals surface area contributed by atoms with Gasteiger partial charge in [0.05, 0.1) is 26.4 Å². The third kappa shape index (κ3) is 68.4. The van der Waals surface area contributed by atoms with Gasteiger partial charge in [0.1, 0.15) is 19.3 Å². The zero-order chi connectivity index (χ0) is 68.6. The SMILES string of the molecule is CCCCCCCCCCCCCCCCCCCCC(=O)O[C@H](COC(=O)CCCCCCCCCCCCCCC(C)C)COP(=O)(O)OC[C@@H](O)COP(=O)(O)OC[C@@H](COC(=O)CCCCCCCCCCCC)OC(=O)CCCCCCCCCC(C)C. The molecule has 0 aromatic heterocycles. The zero-order valence-corrected chi connectivity index (χ0v) is 62.3. The van der Waals surface area contributed by atoms with E-state index in [9.17, 15) is 43.2 Å². The van der Waals surface area contributed by atoms with Crippen molar-refractivity contribution in [3.8, 4) is 0 Å². The first-order valence-electron chi connectivity index (χ1n) is 38.5. The van der Waals surface area contributed by atoms with E-state index in [1.807, 2.05) is 0 Å². The number of aliphatic hydroxyl groups is 1. The molecule has 0 amide bonds. The third-order valence-electron chi connectivity index (χ3n) is 17.2. The number of hydrogen-bond acceptors (Lipinski definition) is 15. The maximum Gasteiger partial charge on any atom is 0.472 e. The van der Waals surface area contributed by atoms with Crippen molar-refractivity contribution in [2.24, 2.45) is 11.8 Å². The summed E-state index contributed by atoms with van der Waals surface area (Å²) in [7, 11) is -9.90. The molecule has 0 bridgehead atoms. The van der Waals surface area contributed by atoms with Crippen LogP contribution in [0.3, 0.4) is 0 Å². The molecule has 0 aliphatic heterocycles. The van der Waals surface area contributed by atoms with Crippen molar-refractivity contribution >= 4 is 39.5 Å². The largest absolute Gasteiger partial charge is 0.472 e. The monoisotopic (exact) mass is 1370 g/mol. The summed E-state index contributed by atoms with van der Waals surface area (Å²) in [6, 6.07) is 0. The van der Waals surface area contributed by atoms with Crippen LogP contribution in [0.1, 0.15) is 382 Å². The molecule has 0 saturated carbocycles. The minimum atomic E-state index is -4.96. The average molecular weight is 1370 g/mol. The van der Waals surface area contributed by atoms with Gasteiger partial charge in [0.25, 0.3) is 0 Å². The highest BCUT2D eigenvalue weighted by atomic mass is 31.2. The minimum Gasteiger partial charge on any atom is -0.462 e. The predicted octanol–water partition coefficient (Wildman–Crippen LogP) is 21.6. The lowest BCUT2D eigenvalue weighted by molar-refractivity contribution is -0.161. The highest BCUT2D eigenvalue weighted by molar-refractivity contribution is 7.47. The van der Waals surface area contributed by atoms with Gasteiger partial charge in [0.15, 0.2) is 12.2 Å². The molecular weight excluding hydrogens is 1220 g/mol. The van der Waals surface area contributed by atoms with Crippen LogP contribution in [-0.4, -0.2) is 96.7 Å². The van der Waals surface area contributed by atoms with Gasteiger partial charge in [-0.25, -0.2) is 9.13 Å². The summed E-state index contributed by atoms with van der Waals surface area (Å²) < 4.78 is 68.4. The lowest BCUT2D eigenvalue weighted by Crippen LogP contribution is -2.30. The first-order valence-corrected chi connectivity index (χ1v) is 41.5. The fraction of sp³-hybridized carbons (Fsp3) is 0.946. The normalized spacial score (nSPS) is 14.1. The topological polar surface area (TPSA) is 237 Å². The fourth-order valence-electron chi connectivity index (χ4n) is 11.3. The Morgan fingerprint density at radius 3 is 0.731 bits per heavy atom. The predicted molar refractivity (Wildman–Crippen MR) is 377 cm³/mol. The van der Waals surface area contributed by atoms with E-state index < -0.39 is 97.5 Å². The number of hydrogen-bond donors (Lipinski definition) is 3. The molecule has 0 spiro atoms. The number of phosphoric acid groups is 2. The first kappa shape index (κ1) is 91.1. The van der Waals surface area contributed by atoms with Crippen molar-refractivity contribution < 1.29 is 80.2 Å². The van der Waals surface area contributed by atoms with Crippen molar-refractivity contribution in [2.75, 3.05) is 39.6 Å². The molecule has 0 heterocycles. The van der Waals surface area contributed by atoms with Gasteiger partial charge < -0.3 is 33.8 Å². The summed E-state index contributed by atoms with van der Waals surface area (Å²) in [6.07, 6.45) is 52.8. The van der Waals surface area contributed by atoms with Crippen LogP contribution in [-0.2, 0) is 65.4 Å². The molecular formula is C74H144O17P2. The first-order chi connectivity index (χ1) is 44.9. The van der Waals surface area contributed by atoms with E-state index in [1.165, 1.54) is 199 Å². The molecule has 0 rings (SSSR count). The Bertz CT molecular complexity index is 1800. The van der Waals surface area contributed by atoms with E-state index in [2.05, 4.69) is 41.5 Å². The molecule has 0 aliphatic rings. The van der Waals surface area contributed by atoms with Crippen molar-refractivity contribution in [3.05, 3.63) is 0 Å². The summed E-state index contributed by atoms with van der Waals surface area (Å²) in [5.74, 6) is -0.643. The van der Waals surface area contributed by atoms with Gasteiger partial charge in [-0.15, -0.1) is 0 Å². The Hall–Kier alpha value is -1.94. The van der Waals surface area contributed by atoms with Gasteiger partial charge in [0, 0.05) is 25.7 Å². The molecule has 0 aromatic carbocycles. The maximum atomic E-state index is 13.1. The van der Waals surface area contributed by atoms with Crippen LogP contribution in [0.5, 0.6) is 0 Å². The number of unbranched alkanes of at least 4 members (excludes halogenated alkanes) is 43. The Labute approximate surface area is 568 Å². The number of phosphoric ester groups is 2. The Morgan fingerprint density at radius 1 is 0.290 bits per heavy atom. The quantitative estimate of drug-likeness (QED) is 0.0222. The van der Waals surface area contributed by atoms with Crippen LogP contribution in [0.2, 0.25) is 0 Å². The molecule has 5 atom stereocenters. The van der Waals surface area contributed by atoms with E-state index in [1.54, 1.807) is 0 Å². The van der Waals surface area contributed by atoms with Crippen molar-refractivity contribution in [3.63, 3.8) is 0 Å². The van der Waals surface area contributed by atoms with Crippen LogP contribution in [0.15, 0.2) is 0 Å². The summed E-state index contributed by atoms with van der Waals surface area (Å²) in [5.41, 5.74) is 0. The molecule has 3 N–H and O–H groups in total. The smallest absolute Gasteiger partial charge is 0.462 e. The summed E-state index contributed by atoms with van der Waals surface area (Å²) in [4.78, 5) is 72.7. The lowest BCUT2D eigenvalue weighted by atomic mass is 10.0. The van der Waals surface area contributed by atoms with E-state index in [0.717, 1.165) is 95.8 Å². The second kappa shape index (κ2) is 66.0. The van der Waals surface area contributed by atoms with Crippen LogP contribution < -0.4 is 0 Å². The van der Waals surface area contributed by atoms with Gasteiger partial charge in [-0.3, -0.25) is 37.3 Å². The second-order valence-corrected chi connectivity index (χ2v) is 30.5. The Morgan fingerprint density at radius 2 is 0.495 bits per heavy atom. The minimum absolute atomic E-state index is 0.104. The van der Waals surface area contributed by atoms with Crippen LogP contribution >= 0.6 is 15.6 Å². The Balaban J connectivity index is 5.22. The van der Waals surface area contributed by atoms with Gasteiger partial charge >= 0.3 is 39.5 Å². The third-order valence-corrected chi connectivity index (χ3v) is 19.1. The van der Waals surface area contributed by atoms with Crippen LogP contribution in [0, 0.1) is 11.8 Å². The number of ether oxygens (including phenoxy) is 4. The van der Waals surface area contributed by atoms with Gasteiger partial charge in [-0.1, -0.05) is 330 Å². The van der Waals surface area contributed by atoms with E-state index in [4.69, 9.17) is 37.0 Å². The maximum absolute atomic E-state index is 13.1. The van der Waals surface area contributed by atoms with Crippen molar-refractivity contribution in [1.29, 1.82) is 0 Å². The van der Waals surface area contributed by atoms with Crippen LogP contribution in [0.4, 0.5) is 0 Å². The molecule has 0 aliphatic carbocycles. The standard InChI is InChI=1S/C74H144O17P2/c1-7-9-11-13-15-17-19-20-21-22-23-24-25-30-34-40-46-52-58-73(78)90-69(62-85-72(77)57-51-45-39-33-29-27-26-28-31-36-42-48-54-66(3)4)64-88-92(80,81)86-60-68(75)61-87-93(82,83)89-65-70(91-74(79)59-53-47-41-35-37-43-49-55-67(5)6)63-84-71(76)56-50-44-38-32-18-16-14-12-10-8-2/h66-70,75H,7-65H2,1-6H3,(H,80,81)(H,82,83)/t68-,69-,70-/m1/s1. The second-order valence-electron chi connectivity index (χ2n) is 27.6. The average Bonchev–Trinajstić information content (AvgIpc) is 1.80. The van der Waals surface area contributed by atoms with Gasteiger partial charge in [0.2, 0.25) is 0 Å². The zero-order valence-electron chi connectivity index (χ0n) is 60.6. The van der Waals surface area contributed by atoms with E-state index >= 15 is 0 Å². The summed E-state index contributed by atoms with van der Waals surface area (Å²) in [6.45, 7) is 9.52. The van der Waals surface area contributed by atoms with Gasteiger partial charge in [-0.2, -0.15) is 0 Å². The Kier molecular flexibility index (Phi) is 64.6. The molecule has 552 valence electrons. The molecule has 19 heteroatoms. The molecule has 0 saturated heterocycles. The molecule has 0 aromatic rings. The number of esters is 4. The molecule has 93 heavy (non-hydrogen) atoms. The summed E-state index contributed by atoms with van der Waals surface area (Å²) >= 11 is 0. The molecule has 2 unspecified atom stereocenters. The van der Waals surface area contributed by atoms with Crippen LogP contribution in [0.25, 0.3) is 0 Å². The fourth-order valence-corrected chi connectivity index (χ4v) is 12.9. The number of carbonyl (C=O) groups is 4. The lowest BCUT2D eigenvalue weighted by Gasteiger charge is -2.21. The van der Waals surface area contributed by atoms with Crippen molar-refractivity contribution in [1.82, 2.24) is 0 Å². The summed E-state index contributed by atoms with van der Waals surface area (Å²) in [5, 5.41) is 10.6. The van der Waals surface area contributed by atoms with Gasteiger partial charge in [-0.05, 0) is 37.5 Å². The highest BCUT2D eigenvalue weighted by Gasteiger charge is 2.30. The highest BCUT2D eigenvalue weighted by Crippen LogP contribution is 2.45. The molecule has 17 nitrogen and oxygen atoms in total. The van der Waals surface area contributed by atoms with Crippen molar-refractivity contribution in [2.45, 2.75) is 400 Å². The van der Waals surface area contributed by atoms with E-state index in [-0.39, 0.29) is 25.7 Å². The molecule has 0 fully saturated rings.